The van der Waals surface area contributed by atoms with Crippen LogP contribution >= 0.6 is 11.8 Å². The van der Waals surface area contributed by atoms with Crippen molar-refractivity contribution in [3.63, 3.8) is 0 Å². The SMILES string of the molecule is CNCCCNC(=O)C(Cc1cccc2ccccc12)NC(=O)CCCN1C(=O)CCSc2ccccc21. The van der Waals surface area contributed by atoms with Crippen molar-refractivity contribution in [2.75, 3.05) is 37.3 Å². The van der Waals surface area contributed by atoms with Crippen molar-refractivity contribution in [3.05, 3.63) is 72.3 Å². The van der Waals surface area contributed by atoms with Gasteiger partial charge >= 0.3 is 0 Å². The van der Waals surface area contributed by atoms with E-state index in [1.165, 1.54) is 0 Å². The maximum absolute atomic E-state index is 13.1. The van der Waals surface area contributed by atoms with E-state index < -0.39 is 6.04 Å². The molecule has 8 heteroatoms. The first-order valence-corrected chi connectivity index (χ1v) is 14.3. The van der Waals surface area contributed by atoms with Gasteiger partial charge in [-0.25, -0.2) is 0 Å². The maximum atomic E-state index is 13.1. The quantitative estimate of drug-likeness (QED) is 0.308. The summed E-state index contributed by atoms with van der Waals surface area (Å²) in [7, 11) is 1.88. The predicted octanol–water partition coefficient (Wildman–Crippen LogP) is 3.90. The van der Waals surface area contributed by atoms with Gasteiger partial charge in [0.1, 0.15) is 6.04 Å². The molecule has 3 amide bonds. The number of anilines is 1. The Hall–Kier alpha value is -3.36. The smallest absolute Gasteiger partial charge is 0.242 e. The third kappa shape index (κ3) is 7.36. The van der Waals surface area contributed by atoms with Crippen LogP contribution in [0.4, 0.5) is 5.69 Å². The van der Waals surface area contributed by atoms with Gasteiger partial charge in [-0.2, -0.15) is 0 Å². The first kappa shape index (κ1) is 27.7. The summed E-state index contributed by atoms with van der Waals surface area (Å²) in [5.74, 6) is 0.464. The summed E-state index contributed by atoms with van der Waals surface area (Å²) in [5.41, 5.74) is 1.93. The summed E-state index contributed by atoms with van der Waals surface area (Å²) >= 11 is 1.69. The molecule has 1 heterocycles. The van der Waals surface area contributed by atoms with E-state index >= 15 is 0 Å². The number of carbonyl (C=O) groups excluding carboxylic acids is 3. The molecular formula is C30H36N4O3S. The lowest BCUT2D eigenvalue weighted by Crippen LogP contribution is -2.48. The van der Waals surface area contributed by atoms with Crippen LogP contribution in [-0.2, 0) is 20.8 Å². The van der Waals surface area contributed by atoms with Crippen LogP contribution in [0.5, 0.6) is 0 Å². The zero-order valence-electron chi connectivity index (χ0n) is 21.9. The monoisotopic (exact) mass is 532 g/mol. The summed E-state index contributed by atoms with van der Waals surface area (Å²) in [6, 6.07) is 21.3. The van der Waals surface area contributed by atoms with Gasteiger partial charge in [0.2, 0.25) is 17.7 Å². The largest absolute Gasteiger partial charge is 0.354 e. The van der Waals surface area contributed by atoms with Gasteiger partial charge in [0, 0.05) is 43.0 Å². The van der Waals surface area contributed by atoms with Crippen LogP contribution < -0.4 is 20.9 Å². The van der Waals surface area contributed by atoms with Gasteiger partial charge in [-0.05, 0) is 54.9 Å². The number of nitrogens with zero attached hydrogens (tertiary/aromatic N) is 1. The molecule has 0 aliphatic carbocycles. The molecule has 0 aromatic heterocycles. The number of rotatable bonds is 12. The molecule has 0 spiro atoms. The molecule has 3 N–H and O–H groups in total. The highest BCUT2D eigenvalue weighted by atomic mass is 32.2. The van der Waals surface area contributed by atoms with Crippen LogP contribution in [0.3, 0.4) is 0 Å². The predicted molar refractivity (Wildman–Crippen MR) is 155 cm³/mol. The fourth-order valence-corrected chi connectivity index (χ4v) is 5.73. The Labute approximate surface area is 228 Å². The number of para-hydroxylation sites is 1. The minimum Gasteiger partial charge on any atom is -0.354 e. The Morgan fingerprint density at radius 2 is 1.76 bits per heavy atom. The van der Waals surface area contributed by atoms with Crippen LogP contribution in [0.2, 0.25) is 0 Å². The zero-order chi connectivity index (χ0) is 26.7. The highest BCUT2D eigenvalue weighted by Gasteiger charge is 2.24. The van der Waals surface area contributed by atoms with Crippen molar-refractivity contribution < 1.29 is 14.4 Å². The van der Waals surface area contributed by atoms with E-state index in [-0.39, 0.29) is 24.1 Å². The second-order valence-electron chi connectivity index (χ2n) is 9.43. The molecule has 1 aliphatic rings. The molecule has 0 saturated heterocycles. The number of amides is 3. The topological polar surface area (TPSA) is 90.5 Å². The van der Waals surface area contributed by atoms with Crippen molar-refractivity contribution in [1.29, 1.82) is 0 Å². The Bertz CT molecular complexity index is 1260. The first-order chi connectivity index (χ1) is 18.6. The number of hydrogen-bond donors (Lipinski definition) is 3. The lowest BCUT2D eigenvalue weighted by atomic mass is 9.98. The van der Waals surface area contributed by atoms with Crippen LogP contribution in [-0.4, -0.2) is 56.2 Å². The molecule has 200 valence electrons. The van der Waals surface area contributed by atoms with Gasteiger partial charge in [-0.15, -0.1) is 11.8 Å². The summed E-state index contributed by atoms with van der Waals surface area (Å²) in [5, 5.41) is 11.2. The molecule has 0 bridgehead atoms. The van der Waals surface area contributed by atoms with Gasteiger partial charge in [0.25, 0.3) is 0 Å². The standard InChI is InChI=1S/C30H36N4O3S/c1-31-17-8-18-32-30(37)25(21-23-11-6-10-22-9-2-3-12-24(22)23)33-28(35)15-7-19-34-26-13-4-5-14-27(26)38-20-16-29(34)36/h2-6,9-14,25,31H,7-8,15-21H2,1H3,(H,32,37)(H,33,35). The van der Waals surface area contributed by atoms with Gasteiger partial charge in [-0.1, -0.05) is 54.6 Å². The molecular weight excluding hydrogens is 496 g/mol. The molecule has 1 unspecified atom stereocenters. The van der Waals surface area contributed by atoms with Crippen LogP contribution in [0, 0.1) is 0 Å². The zero-order valence-corrected chi connectivity index (χ0v) is 22.7. The summed E-state index contributed by atoms with van der Waals surface area (Å²) in [4.78, 5) is 41.8. The molecule has 0 fully saturated rings. The minimum absolute atomic E-state index is 0.0811. The van der Waals surface area contributed by atoms with Crippen molar-refractivity contribution in [3.8, 4) is 0 Å². The van der Waals surface area contributed by atoms with Crippen LogP contribution in [0.1, 0.15) is 31.2 Å². The first-order valence-electron chi connectivity index (χ1n) is 13.3. The maximum Gasteiger partial charge on any atom is 0.242 e. The number of benzene rings is 3. The fourth-order valence-electron chi connectivity index (χ4n) is 4.73. The number of hydrogen-bond acceptors (Lipinski definition) is 5. The Morgan fingerprint density at radius 1 is 0.974 bits per heavy atom. The van der Waals surface area contributed by atoms with Gasteiger partial charge in [0.15, 0.2) is 0 Å². The van der Waals surface area contributed by atoms with E-state index in [1.54, 1.807) is 16.7 Å². The number of thioether (sulfide) groups is 1. The normalized spacial score (nSPS) is 14.0. The van der Waals surface area contributed by atoms with E-state index in [0.29, 0.717) is 32.4 Å². The third-order valence-electron chi connectivity index (χ3n) is 6.67. The lowest BCUT2D eigenvalue weighted by molar-refractivity contribution is -0.129. The van der Waals surface area contributed by atoms with E-state index in [1.807, 2.05) is 73.8 Å². The molecule has 7 nitrogen and oxygen atoms in total. The average molecular weight is 533 g/mol. The molecule has 3 aromatic rings. The number of fused-ring (bicyclic) bond motifs is 2. The molecule has 0 saturated carbocycles. The Balaban J connectivity index is 1.40. The molecule has 4 rings (SSSR count). The lowest BCUT2D eigenvalue weighted by Gasteiger charge is -2.23. The molecule has 38 heavy (non-hydrogen) atoms. The Morgan fingerprint density at radius 3 is 2.63 bits per heavy atom. The van der Waals surface area contributed by atoms with E-state index in [9.17, 15) is 14.4 Å². The van der Waals surface area contributed by atoms with Crippen molar-refractivity contribution >= 4 is 45.9 Å². The van der Waals surface area contributed by atoms with Crippen molar-refractivity contribution in [2.45, 2.75) is 43.0 Å². The highest BCUT2D eigenvalue weighted by molar-refractivity contribution is 7.99. The van der Waals surface area contributed by atoms with Crippen LogP contribution in [0.15, 0.2) is 71.6 Å². The average Bonchev–Trinajstić information content (AvgIpc) is 3.09. The molecule has 1 aliphatic heterocycles. The molecule has 3 aromatic carbocycles. The second-order valence-corrected chi connectivity index (χ2v) is 10.6. The van der Waals surface area contributed by atoms with Crippen molar-refractivity contribution in [1.82, 2.24) is 16.0 Å². The van der Waals surface area contributed by atoms with E-state index in [4.69, 9.17) is 0 Å². The fraction of sp³-hybridized carbons (Fsp3) is 0.367. The second kappa shape index (κ2) is 14.0. The minimum atomic E-state index is -0.681. The van der Waals surface area contributed by atoms with Crippen molar-refractivity contribution in [2.24, 2.45) is 0 Å². The van der Waals surface area contributed by atoms with E-state index in [2.05, 4.69) is 16.0 Å². The number of carbonyl (C=O) groups is 3. The van der Waals surface area contributed by atoms with Crippen LogP contribution in [0.25, 0.3) is 10.8 Å². The summed E-state index contributed by atoms with van der Waals surface area (Å²) in [6.07, 6.45) is 2.44. The number of nitrogens with one attached hydrogen (secondary N) is 3. The highest BCUT2D eigenvalue weighted by Crippen LogP contribution is 2.34. The Kier molecular flexibility index (Phi) is 10.2. The van der Waals surface area contributed by atoms with Gasteiger partial charge in [0.05, 0.1) is 5.69 Å². The third-order valence-corrected chi connectivity index (χ3v) is 7.74. The van der Waals surface area contributed by atoms with Gasteiger partial charge in [-0.3, -0.25) is 14.4 Å². The van der Waals surface area contributed by atoms with Gasteiger partial charge < -0.3 is 20.9 Å². The summed E-state index contributed by atoms with van der Waals surface area (Å²) < 4.78 is 0. The molecule has 0 radical (unpaired) electrons. The summed E-state index contributed by atoms with van der Waals surface area (Å²) in [6.45, 7) is 1.81. The van der Waals surface area contributed by atoms with E-state index in [0.717, 1.165) is 45.6 Å². The molecule has 1 atom stereocenters.